The fraction of sp³-hybridized carbons (Fsp3) is 0.429. The predicted molar refractivity (Wildman–Crippen MR) is 69.9 cm³/mol. The highest BCUT2D eigenvalue weighted by molar-refractivity contribution is 5.18. The number of nitrogens with zero attached hydrogens (tertiary/aromatic N) is 2. The fourth-order valence-corrected chi connectivity index (χ4v) is 2.17. The van der Waals surface area contributed by atoms with E-state index in [0.717, 1.165) is 25.5 Å². The molecule has 1 fully saturated rings. The van der Waals surface area contributed by atoms with Gasteiger partial charge in [0.15, 0.2) is 5.82 Å². The van der Waals surface area contributed by atoms with Crippen LogP contribution in [0.5, 0.6) is 0 Å². The molecule has 0 bridgehead atoms. The molecule has 3 rings (SSSR count). The second kappa shape index (κ2) is 5.95. The molecule has 0 saturated carbocycles. The molecule has 0 radical (unpaired) electrons. The van der Waals surface area contributed by atoms with Crippen molar-refractivity contribution in [3.05, 3.63) is 47.6 Å². The lowest BCUT2D eigenvalue weighted by molar-refractivity contribution is 0.0246. The van der Waals surface area contributed by atoms with Gasteiger partial charge in [-0.05, 0) is 5.56 Å². The topological polar surface area (TPSA) is 60.2 Å². The number of hydrogen-bond donors (Lipinski definition) is 1. The minimum absolute atomic E-state index is 0.138. The lowest BCUT2D eigenvalue weighted by atomic mass is 10.1. The molecule has 1 aromatic carbocycles. The molecule has 2 heterocycles. The first-order chi connectivity index (χ1) is 9.40. The van der Waals surface area contributed by atoms with Crippen molar-refractivity contribution < 1.29 is 9.26 Å². The normalized spacial score (nSPS) is 19.5. The van der Waals surface area contributed by atoms with Gasteiger partial charge in [-0.1, -0.05) is 35.5 Å². The highest BCUT2D eigenvalue weighted by Crippen LogP contribution is 2.09. The van der Waals surface area contributed by atoms with E-state index in [1.807, 2.05) is 18.2 Å². The standard InChI is InChI=1S/C14H17N3O2/c1-2-4-11(5-3-1)8-13-16-14(19-17-13)9-12-10-15-6-7-18-12/h1-5,12,15H,6-10H2. The molecule has 5 heteroatoms. The molecule has 0 aliphatic carbocycles. The maximum Gasteiger partial charge on any atom is 0.229 e. The lowest BCUT2D eigenvalue weighted by Gasteiger charge is -2.21. The van der Waals surface area contributed by atoms with Crippen molar-refractivity contribution in [3.63, 3.8) is 0 Å². The summed E-state index contributed by atoms with van der Waals surface area (Å²) in [5, 5.41) is 7.30. The van der Waals surface area contributed by atoms with E-state index in [0.29, 0.717) is 18.7 Å². The first-order valence-corrected chi connectivity index (χ1v) is 6.58. The van der Waals surface area contributed by atoms with Gasteiger partial charge in [0, 0.05) is 19.5 Å². The minimum atomic E-state index is 0.138. The molecule has 1 N–H and O–H groups in total. The first kappa shape index (κ1) is 12.3. The number of hydrogen-bond acceptors (Lipinski definition) is 5. The average molecular weight is 259 g/mol. The summed E-state index contributed by atoms with van der Waals surface area (Å²) in [7, 11) is 0. The molecule has 0 spiro atoms. The van der Waals surface area contributed by atoms with E-state index >= 15 is 0 Å². The third-order valence-corrected chi connectivity index (χ3v) is 3.12. The average Bonchev–Trinajstić information content (AvgIpc) is 2.88. The molecule has 1 aliphatic heterocycles. The van der Waals surface area contributed by atoms with Gasteiger partial charge >= 0.3 is 0 Å². The summed E-state index contributed by atoms with van der Waals surface area (Å²) in [6, 6.07) is 10.1. The largest absolute Gasteiger partial charge is 0.375 e. The number of rotatable bonds is 4. The van der Waals surface area contributed by atoms with Gasteiger partial charge in [0.05, 0.1) is 19.1 Å². The molecular weight excluding hydrogens is 242 g/mol. The Morgan fingerprint density at radius 2 is 2.16 bits per heavy atom. The third-order valence-electron chi connectivity index (χ3n) is 3.12. The van der Waals surface area contributed by atoms with Gasteiger partial charge in [-0.3, -0.25) is 0 Å². The van der Waals surface area contributed by atoms with Crippen molar-refractivity contribution in [2.45, 2.75) is 18.9 Å². The summed E-state index contributed by atoms with van der Waals surface area (Å²) in [6.45, 7) is 2.51. The Hall–Kier alpha value is -1.72. The quantitative estimate of drug-likeness (QED) is 0.893. The molecule has 1 unspecified atom stereocenters. The molecule has 1 aliphatic rings. The predicted octanol–water partition coefficient (Wildman–Crippen LogP) is 1.19. The lowest BCUT2D eigenvalue weighted by Crippen LogP contribution is -2.39. The van der Waals surface area contributed by atoms with Gasteiger partial charge < -0.3 is 14.6 Å². The number of morpholine rings is 1. The van der Waals surface area contributed by atoms with Crippen LogP contribution in [0.2, 0.25) is 0 Å². The van der Waals surface area contributed by atoms with E-state index < -0.39 is 0 Å². The zero-order chi connectivity index (χ0) is 12.9. The second-order valence-electron chi connectivity index (χ2n) is 4.67. The third kappa shape index (κ3) is 3.39. The Kier molecular flexibility index (Phi) is 3.86. The first-order valence-electron chi connectivity index (χ1n) is 6.58. The molecule has 0 amide bonds. The Bertz CT molecular complexity index is 506. The van der Waals surface area contributed by atoms with Crippen molar-refractivity contribution in [3.8, 4) is 0 Å². The smallest absolute Gasteiger partial charge is 0.229 e. The Labute approximate surface area is 112 Å². The monoisotopic (exact) mass is 259 g/mol. The Balaban J connectivity index is 1.59. The van der Waals surface area contributed by atoms with Crippen LogP contribution in [0.3, 0.4) is 0 Å². The second-order valence-corrected chi connectivity index (χ2v) is 4.67. The van der Waals surface area contributed by atoms with Crippen LogP contribution in [0.25, 0.3) is 0 Å². The van der Waals surface area contributed by atoms with Crippen molar-refractivity contribution in [2.24, 2.45) is 0 Å². The van der Waals surface area contributed by atoms with Crippen molar-refractivity contribution in [1.29, 1.82) is 0 Å². The molecule has 19 heavy (non-hydrogen) atoms. The molecule has 1 saturated heterocycles. The molecule has 100 valence electrons. The van der Waals surface area contributed by atoms with Crippen LogP contribution in [-0.2, 0) is 17.6 Å². The van der Waals surface area contributed by atoms with Crippen molar-refractivity contribution in [1.82, 2.24) is 15.5 Å². The zero-order valence-corrected chi connectivity index (χ0v) is 10.7. The van der Waals surface area contributed by atoms with Gasteiger partial charge in [0.2, 0.25) is 5.89 Å². The fourth-order valence-electron chi connectivity index (χ4n) is 2.17. The van der Waals surface area contributed by atoms with Crippen LogP contribution in [0.4, 0.5) is 0 Å². The minimum Gasteiger partial charge on any atom is -0.375 e. The van der Waals surface area contributed by atoms with E-state index in [-0.39, 0.29) is 6.10 Å². The van der Waals surface area contributed by atoms with Crippen molar-refractivity contribution >= 4 is 0 Å². The summed E-state index contributed by atoms with van der Waals surface area (Å²) < 4.78 is 10.9. The molecule has 5 nitrogen and oxygen atoms in total. The zero-order valence-electron chi connectivity index (χ0n) is 10.7. The van der Waals surface area contributed by atoms with Crippen molar-refractivity contribution in [2.75, 3.05) is 19.7 Å². The summed E-state index contributed by atoms with van der Waals surface area (Å²) in [5.41, 5.74) is 1.19. The molecule has 2 aromatic rings. The van der Waals surface area contributed by atoms with Crippen LogP contribution >= 0.6 is 0 Å². The van der Waals surface area contributed by atoms with Crippen LogP contribution < -0.4 is 5.32 Å². The SMILES string of the molecule is c1ccc(Cc2noc(CC3CNCCO3)n2)cc1. The molecule has 1 aromatic heterocycles. The van der Waals surface area contributed by atoms with Crippen LogP contribution in [0, 0.1) is 0 Å². The van der Waals surface area contributed by atoms with Crippen LogP contribution in [0.15, 0.2) is 34.9 Å². The van der Waals surface area contributed by atoms with E-state index in [4.69, 9.17) is 9.26 Å². The van der Waals surface area contributed by atoms with Crippen LogP contribution in [0.1, 0.15) is 17.3 Å². The van der Waals surface area contributed by atoms with E-state index in [2.05, 4.69) is 27.6 Å². The maximum absolute atomic E-state index is 5.62. The van der Waals surface area contributed by atoms with Gasteiger partial charge in [0.25, 0.3) is 0 Å². The van der Waals surface area contributed by atoms with Gasteiger partial charge in [0.1, 0.15) is 0 Å². The summed E-state index contributed by atoms with van der Waals surface area (Å²) in [5.74, 6) is 1.38. The summed E-state index contributed by atoms with van der Waals surface area (Å²) in [6.07, 6.45) is 1.52. The number of benzene rings is 1. The Morgan fingerprint density at radius 1 is 1.26 bits per heavy atom. The highest BCUT2D eigenvalue weighted by atomic mass is 16.5. The van der Waals surface area contributed by atoms with Gasteiger partial charge in [-0.15, -0.1) is 0 Å². The Morgan fingerprint density at radius 3 is 2.95 bits per heavy atom. The maximum atomic E-state index is 5.62. The summed E-state index contributed by atoms with van der Waals surface area (Å²) in [4.78, 5) is 4.41. The van der Waals surface area contributed by atoms with E-state index in [1.165, 1.54) is 5.56 Å². The van der Waals surface area contributed by atoms with E-state index in [1.54, 1.807) is 0 Å². The number of aromatic nitrogens is 2. The molecule has 1 atom stereocenters. The molecular formula is C14H17N3O2. The number of ether oxygens (including phenoxy) is 1. The van der Waals surface area contributed by atoms with Gasteiger partial charge in [-0.25, -0.2) is 0 Å². The number of nitrogens with one attached hydrogen (secondary N) is 1. The van der Waals surface area contributed by atoms with E-state index in [9.17, 15) is 0 Å². The van der Waals surface area contributed by atoms with Gasteiger partial charge in [-0.2, -0.15) is 4.98 Å². The van der Waals surface area contributed by atoms with Crippen LogP contribution in [-0.4, -0.2) is 35.9 Å². The summed E-state index contributed by atoms with van der Waals surface area (Å²) >= 11 is 0. The highest BCUT2D eigenvalue weighted by Gasteiger charge is 2.17.